The van der Waals surface area contributed by atoms with Gasteiger partial charge in [-0.15, -0.1) is 5.10 Å². The highest BCUT2D eigenvalue weighted by atomic mass is 15.3. The zero-order valence-electron chi connectivity index (χ0n) is 14.7. The summed E-state index contributed by atoms with van der Waals surface area (Å²) in [4.78, 5) is 4.46. The molecule has 4 N–H and O–H groups in total. The molecule has 0 bridgehead atoms. The van der Waals surface area contributed by atoms with Crippen LogP contribution in [0.1, 0.15) is 39.0 Å². The molecular formula is C19H26N6. The third kappa shape index (κ3) is 3.54. The van der Waals surface area contributed by atoms with Gasteiger partial charge in [0.1, 0.15) is 5.82 Å². The lowest BCUT2D eigenvalue weighted by Crippen LogP contribution is -2.33. The molecule has 0 saturated heterocycles. The lowest BCUT2D eigenvalue weighted by molar-refractivity contribution is 0.410. The van der Waals surface area contributed by atoms with Crippen LogP contribution in [0.25, 0.3) is 5.65 Å². The minimum Gasteiger partial charge on any atom is -0.375 e. The van der Waals surface area contributed by atoms with Gasteiger partial charge >= 0.3 is 0 Å². The number of imidazole rings is 1. The number of anilines is 2. The molecule has 2 aromatic rings. The van der Waals surface area contributed by atoms with Crippen molar-refractivity contribution >= 4 is 17.2 Å². The molecule has 132 valence electrons. The number of rotatable bonds is 4. The Labute approximate surface area is 148 Å². The summed E-state index contributed by atoms with van der Waals surface area (Å²) in [7, 11) is 0. The smallest absolute Gasteiger partial charge is 0.177 e. The number of allylic oxidation sites excluding steroid dienone is 2. The Morgan fingerprint density at radius 2 is 2.04 bits per heavy atom. The normalized spacial score (nSPS) is 26.5. The van der Waals surface area contributed by atoms with Crippen LogP contribution in [0.2, 0.25) is 0 Å². The Morgan fingerprint density at radius 1 is 1.20 bits per heavy atom. The summed E-state index contributed by atoms with van der Waals surface area (Å²) < 4.78 is 1.84. The van der Waals surface area contributed by atoms with Gasteiger partial charge in [0.15, 0.2) is 5.65 Å². The van der Waals surface area contributed by atoms with Gasteiger partial charge in [-0.3, -0.25) is 0 Å². The standard InChI is InChI=1S/C19H26N6/c1-13-4-2-3-5-16(13)23-17-12-18(24-25-11-10-21-19(17)25)22-15-8-6-14(20)7-9-15/h2-4,10-12,14-16,23H,5-9,20H2,1H3,(H,22,24). The van der Waals surface area contributed by atoms with Crippen molar-refractivity contribution in [1.29, 1.82) is 0 Å². The van der Waals surface area contributed by atoms with Crippen molar-refractivity contribution in [3.8, 4) is 0 Å². The fourth-order valence-corrected chi connectivity index (χ4v) is 3.66. The second-order valence-electron chi connectivity index (χ2n) is 7.17. The van der Waals surface area contributed by atoms with Crippen molar-refractivity contribution in [1.82, 2.24) is 14.6 Å². The summed E-state index contributed by atoms with van der Waals surface area (Å²) in [6.45, 7) is 2.16. The quantitative estimate of drug-likeness (QED) is 0.798. The topological polar surface area (TPSA) is 80.3 Å². The number of nitrogens with two attached hydrogens (primary N) is 1. The molecule has 0 aliphatic heterocycles. The minimum absolute atomic E-state index is 0.299. The van der Waals surface area contributed by atoms with Gasteiger partial charge in [-0.05, 0) is 39.0 Å². The van der Waals surface area contributed by atoms with Crippen molar-refractivity contribution in [2.45, 2.75) is 57.2 Å². The van der Waals surface area contributed by atoms with E-state index in [1.807, 2.05) is 10.7 Å². The molecule has 0 amide bonds. The van der Waals surface area contributed by atoms with E-state index in [-0.39, 0.29) is 0 Å². The summed E-state index contributed by atoms with van der Waals surface area (Å²) in [6, 6.07) is 3.19. The van der Waals surface area contributed by atoms with E-state index in [4.69, 9.17) is 5.73 Å². The summed E-state index contributed by atoms with van der Waals surface area (Å²) in [5.41, 5.74) is 9.23. The Kier molecular flexibility index (Phi) is 4.44. The van der Waals surface area contributed by atoms with Crippen molar-refractivity contribution < 1.29 is 0 Å². The lowest BCUT2D eigenvalue weighted by atomic mass is 9.92. The molecule has 0 radical (unpaired) electrons. The third-order valence-corrected chi connectivity index (χ3v) is 5.23. The molecule has 2 aromatic heterocycles. The van der Waals surface area contributed by atoms with Crippen LogP contribution in [0.15, 0.2) is 42.3 Å². The van der Waals surface area contributed by atoms with Crippen molar-refractivity contribution in [3.05, 3.63) is 42.3 Å². The maximum atomic E-state index is 6.02. The predicted molar refractivity (Wildman–Crippen MR) is 102 cm³/mol. The molecule has 1 fully saturated rings. The van der Waals surface area contributed by atoms with E-state index in [1.54, 1.807) is 6.20 Å². The highest BCUT2D eigenvalue weighted by Gasteiger charge is 2.20. The van der Waals surface area contributed by atoms with Crippen LogP contribution in [-0.4, -0.2) is 32.7 Å². The summed E-state index contributed by atoms with van der Waals surface area (Å²) in [5, 5.41) is 11.9. The molecule has 0 aromatic carbocycles. The second kappa shape index (κ2) is 6.88. The van der Waals surface area contributed by atoms with Crippen LogP contribution in [0.4, 0.5) is 11.5 Å². The number of hydrogen-bond donors (Lipinski definition) is 3. The molecule has 1 unspecified atom stereocenters. The molecule has 25 heavy (non-hydrogen) atoms. The van der Waals surface area contributed by atoms with E-state index in [1.165, 1.54) is 5.57 Å². The maximum absolute atomic E-state index is 6.02. The van der Waals surface area contributed by atoms with Gasteiger partial charge in [0.05, 0.1) is 11.7 Å². The van der Waals surface area contributed by atoms with Gasteiger partial charge < -0.3 is 16.4 Å². The van der Waals surface area contributed by atoms with E-state index >= 15 is 0 Å². The highest BCUT2D eigenvalue weighted by Crippen LogP contribution is 2.26. The summed E-state index contributed by atoms with van der Waals surface area (Å²) in [6.07, 6.45) is 15.5. The van der Waals surface area contributed by atoms with Crippen LogP contribution in [0.3, 0.4) is 0 Å². The summed E-state index contributed by atoms with van der Waals surface area (Å²) >= 11 is 0. The van der Waals surface area contributed by atoms with E-state index < -0.39 is 0 Å². The number of fused-ring (bicyclic) bond motifs is 1. The Morgan fingerprint density at radius 3 is 2.84 bits per heavy atom. The molecule has 2 heterocycles. The average molecular weight is 338 g/mol. The van der Waals surface area contributed by atoms with Crippen LogP contribution < -0.4 is 16.4 Å². The lowest BCUT2D eigenvalue weighted by Gasteiger charge is -2.27. The Bertz CT molecular complexity index is 797. The number of nitrogens with one attached hydrogen (secondary N) is 2. The van der Waals surface area contributed by atoms with Crippen LogP contribution in [-0.2, 0) is 0 Å². The summed E-state index contributed by atoms with van der Waals surface area (Å²) in [5.74, 6) is 0.890. The van der Waals surface area contributed by atoms with Gasteiger partial charge in [0, 0.05) is 30.5 Å². The molecule has 2 aliphatic carbocycles. The van der Waals surface area contributed by atoms with E-state index in [9.17, 15) is 0 Å². The fourth-order valence-electron chi connectivity index (χ4n) is 3.66. The van der Waals surface area contributed by atoms with Gasteiger partial charge in [0.2, 0.25) is 0 Å². The fraction of sp³-hybridized carbons (Fsp3) is 0.474. The van der Waals surface area contributed by atoms with Gasteiger partial charge in [-0.2, -0.15) is 0 Å². The van der Waals surface area contributed by atoms with Gasteiger partial charge in [-0.1, -0.05) is 23.8 Å². The van der Waals surface area contributed by atoms with E-state index in [0.717, 1.165) is 49.3 Å². The predicted octanol–water partition coefficient (Wildman–Crippen LogP) is 3.10. The zero-order chi connectivity index (χ0) is 17.2. The van der Waals surface area contributed by atoms with Crippen molar-refractivity contribution in [3.63, 3.8) is 0 Å². The van der Waals surface area contributed by atoms with Gasteiger partial charge in [0.25, 0.3) is 0 Å². The second-order valence-corrected chi connectivity index (χ2v) is 7.17. The molecule has 6 heteroatoms. The molecule has 2 aliphatic rings. The largest absolute Gasteiger partial charge is 0.375 e. The number of nitrogens with zero attached hydrogens (tertiary/aromatic N) is 3. The Balaban J connectivity index is 1.57. The van der Waals surface area contributed by atoms with Crippen LogP contribution in [0, 0.1) is 0 Å². The van der Waals surface area contributed by atoms with E-state index in [0.29, 0.717) is 18.1 Å². The molecule has 6 nitrogen and oxygen atoms in total. The van der Waals surface area contributed by atoms with Crippen molar-refractivity contribution in [2.75, 3.05) is 10.6 Å². The maximum Gasteiger partial charge on any atom is 0.177 e. The monoisotopic (exact) mass is 338 g/mol. The zero-order valence-corrected chi connectivity index (χ0v) is 14.7. The minimum atomic E-state index is 0.299. The van der Waals surface area contributed by atoms with Crippen LogP contribution >= 0.6 is 0 Å². The van der Waals surface area contributed by atoms with Gasteiger partial charge in [-0.25, -0.2) is 9.50 Å². The SMILES string of the molecule is CC1=CC=CCC1Nc1cc(NC2CCC(N)CC2)nn2ccnc12. The molecular weight excluding hydrogens is 312 g/mol. The average Bonchev–Trinajstić information content (AvgIpc) is 3.08. The molecule has 1 atom stereocenters. The molecule has 1 saturated carbocycles. The first-order chi connectivity index (χ1) is 12.2. The number of hydrogen-bond acceptors (Lipinski definition) is 5. The number of aromatic nitrogens is 3. The first kappa shape index (κ1) is 16.1. The van der Waals surface area contributed by atoms with Crippen molar-refractivity contribution in [2.24, 2.45) is 5.73 Å². The first-order valence-corrected chi connectivity index (χ1v) is 9.15. The van der Waals surface area contributed by atoms with E-state index in [2.05, 4.69) is 51.9 Å². The first-order valence-electron chi connectivity index (χ1n) is 9.15. The molecule has 0 spiro atoms. The van der Waals surface area contributed by atoms with Crippen LogP contribution in [0.5, 0.6) is 0 Å². The Hall–Kier alpha value is -2.34. The third-order valence-electron chi connectivity index (χ3n) is 5.23. The highest BCUT2D eigenvalue weighted by molar-refractivity contribution is 5.71. The molecule has 4 rings (SSSR count).